The zero-order valence-electron chi connectivity index (χ0n) is 14.4. The van der Waals surface area contributed by atoms with E-state index in [1.165, 1.54) is 32.1 Å². The first-order valence-corrected chi connectivity index (χ1v) is 8.79. The highest BCUT2D eigenvalue weighted by molar-refractivity contribution is 5.79. The van der Waals surface area contributed by atoms with Gasteiger partial charge in [0, 0.05) is 18.5 Å². The van der Waals surface area contributed by atoms with Crippen molar-refractivity contribution in [1.29, 1.82) is 0 Å². The second-order valence-corrected chi connectivity index (χ2v) is 8.49. The van der Waals surface area contributed by atoms with E-state index in [0.717, 1.165) is 19.4 Å². The summed E-state index contributed by atoms with van der Waals surface area (Å²) in [5.41, 5.74) is 6.51. The van der Waals surface area contributed by atoms with E-state index in [-0.39, 0.29) is 23.3 Å². The van der Waals surface area contributed by atoms with Crippen LogP contribution in [0, 0.1) is 22.7 Å². The summed E-state index contributed by atoms with van der Waals surface area (Å²) in [6, 6.07) is 0.236. The lowest BCUT2D eigenvalue weighted by molar-refractivity contribution is -0.133. The maximum Gasteiger partial charge on any atom is 0.223 e. The fourth-order valence-corrected chi connectivity index (χ4v) is 4.32. The SMILES string of the molecule is CC1C(N)CCC(C(=O)NCC2(C)CCCCC2)C1(C)C. The second kappa shape index (κ2) is 6.28. The zero-order chi connectivity index (χ0) is 15.7. The number of nitrogens with two attached hydrogens (primary N) is 1. The van der Waals surface area contributed by atoms with Crippen LogP contribution in [0.2, 0.25) is 0 Å². The van der Waals surface area contributed by atoms with Gasteiger partial charge < -0.3 is 11.1 Å². The molecule has 0 saturated heterocycles. The van der Waals surface area contributed by atoms with Gasteiger partial charge in [-0.2, -0.15) is 0 Å². The number of carbonyl (C=O) groups is 1. The molecule has 3 unspecified atom stereocenters. The number of hydrogen-bond acceptors (Lipinski definition) is 2. The molecule has 0 spiro atoms. The Kier molecular flexibility index (Phi) is 5.02. The maximum atomic E-state index is 12.7. The third kappa shape index (κ3) is 3.61. The molecule has 0 heterocycles. The summed E-state index contributed by atoms with van der Waals surface area (Å²) in [6.07, 6.45) is 8.39. The summed E-state index contributed by atoms with van der Waals surface area (Å²) in [6.45, 7) is 9.80. The average Bonchev–Trinajstić information content (AvgIpc) is 2.43. The van der Waals surface area contributed by atoms with Gasteiger partial charge in [0.15, 0.2) is 0 Å². The minimum absolute atomic E-state index is 0.00474. The minimum atomic E-state index is -0.00474. The molecule has 1 amide bonds. The number of amides is 1. The van der Waals surface area contributed by atoms with Crippen molar-refractivity contribution in [2.45, 2.75) is 78.7 Å². The summed E-state index contributed by atoms with van der Waals surface area (Å²) < 4.78 is 0. The molecule has 3 heteroatoms. The smallest absolute Gasteiger partial charge is 0.223 e. The van der Waals surface area contributed by atoms with Crippen LogP contribution in [0.4, 0.5) is 0 Å². The first-order chi connectivity index (χ1) is 9.76. The van der Waals surface area contributed by atoms with Gasteiger partial charge in [0.2, 0.25) is 5.91 Å². The molecule has 122 valence electrons. The quantitative estimate of drug-likeness (QED) is 0.837. The van der Waals surface area contributed by atoms with Gasteiger partial charge in [0.05, 0.1) is 0 Å². The normalized spacial score (nSPS) is 35.2. The van der Waals surface area contributed by atoms with Gasteiger partial charge in [-0.05, 0) is 42.4 Å². The lowest BCUT2D eigenvalue weighted by Gasteiger charge is -2.46. The molecule has 21 heavy (non-hydrogen) atoms. The highest BCUT2D eigenvalue weighted by Crippen LogP contribution is 2.44. The molecule has 0 aliphatic heterocycles. The lowest BCUT2D eigenvalue weighted by Crippen LogP contribution is -2.52. The standard InChI is InChI=1S/C18H34N2O/c1-13-15(19)9-8-14(17(13,2)3)16(21)20-12-18(4)10-6-5-7-11-18/h13-15H,5-12,19H2,1-4H3,(H,20,21). The summed E-state index contributed by atoms with van der Waals surface area (Å²) in [7, 11) is 0. The molecule has 2 rings (SSSR count). The zero-order valence-corrected chi connectivity index (χ0v) is 14.4. The Hall–Kier alpha value is -0.570. The van der Waals surface area contributed by atoms with Crippen LogP contribution >= 0.6 is 0 Å². The average molecular weight is 294 g/mol. The largest absolute Gasteiger partial charge is 0.355 e. The molecule has 0 aromatic heterocycles. The van der Waals surface area contributed by atoms with Crippen molar-refractivity contribution in [3.8, 4) is 0 Å². The Morgan fingerprint density at radius 2 is 1.76 bits per heavy atom. The molecule has 0 aromatic rings. The van der Waals surface area contributed by atoms with Crippen molar-refractivity contribution in [3.63, 3.8) is 0 Å². The predicted octanol–water partition coefficient (Wildman–Crippen LogP) is 3.47. The summed E-state index contributed by atoms with van der Waals surface area (Å²) >= 11 is 0. The van der Waals surface area contributed by atoms with Crippen molar-refractivity contribution >= 4 is 5.91 Å². The van der Waals surface area contributed by atoms with Crippen LogP contribution in [0.1, 0.15) is 72.6 Å². The van der Waals surface area contributed by atoms with E-state index in [4.69, 9.17) is 5.73 Å². The lowest BCUT2D eigenvalue weighted by atomic mass is 9.61. The molecule has 0 radical (unpaired) electrons. The van der Waals surface area contributed by atoms with E-state index >= 15 is 0 Å². The Morgan fingerprint density at radius 3 is 2.38 bits per heavy atom. The molecular weight excluding hydrogens is 260 g/mol. The fourth-order valence-electron chi connectivity index (χ4n) is 4.32. The van der Waals surface area contributed by atoms with E-state index in [2.05, 4.69) is 33.0 Å². The third-order valence-corrected chi connectivity index (χ3v) is 6.57. The van der Waals surface area contributed by atoms with Crippen molar-refractivity contribution < 1.29 is 4.79 Å². The van der Waals surface area contributed by atoms with Gasteiger partial charge in [-0.15, -0.1) is 0 Å². The van der Waals surface area contributed by atoms with Gasteiger partial charge in [-0.1, -0.05) is 47.0 Å². The van der Waals surface area contributed by atoms with Crippen LogP contribution < -0.4 is 11.1 Å². The monoisotopic (exact) mass is 294 g/mol. The number of rotatable bonds is 3. The van der Waals surface area contributed by atoms with Crippen molar-refractivity contribution in [3.05, 3.63) is 0 Å². The van der Waals surface area contributed by atoms with Crippen LogP contribution in [0.3, 0.4) is 0 Å². The van der Waals surface area contributed by atoms with Crippen LogP contribution in [0.25, 0.3) is 0 Å². The second-order valence-electron chi connectivity index (χ2n) is 8.49. The number of hydrogen-bond donors (Lipinski definition) is 2. The molecule has 3 N–H and O–H groups in total. The summed E-state index contributed by atoms with van der Waals surface area (Å²) in [4.78, 5) is 12.7. The highest BCUT2D eigenvalue weighted by Gasteiger charge is 2.45. The molecule has 2 saturated carbocycles. The first kappa shape index (κ1) is 16.8. The summed E-state index contributed by atoms with van der Waals surface area (Å²) in [5, 5.41) is 3.27. The van der Waals surface area contributed by atoms with E-state index in [1.54, 1.807) is 0 Å². The Bertz CT molecular complexity index is 371. The Balaban J connectivity index is 1.93. The Morgan fingerprint density at radius 1 is 1.14 bits per heavy atom. The van der Waals surface area contributed by atoms with Crippen molar-refractivity contribution in [2.24, 2.45) is 28.4 Å². The minimum Gasteiger partial charge on any atom is -0.355 e. The van der Waals surface area contributed by atoms with E-state index < -0.39 is 0 Å². The summed E-state index contributed by atoms with van der Waals surface area (Å²) in [5.74, 6) is 0.761. The molecule has 0 bridgehead atoms. The molecule has 2 fully saturated rings. The maximum absolute atomic E-state index is 12.7. The van der Waals surface area contributed by atoms with Gasteiger partial charge in [0.1, 0.15) is 0 Å². The van der Waals surface area contributed by atoms with Gasteiger partial charge in [-0.3, -0.25) is 4.79 Å². The van der Waals surface area contributed by atoms with E-state index in [0.29, 0.717) is 11.3 Å². The van der Waals surface area contributed by atoms with Gasteiger partial charge >= 0.3 is 0 Å². The van der Waals surface area contributed by atoms with E-state index in [9.17, 15) is 4.79 Å². The van der Waals surface area contributed by atoms with Crippen LogP contribution in [0.5, 0.6) is 0 Å². The molecule has 3 nitrogen and oxygen atoms in total. The van der Waals surface area contributed by atoms with Gasteiger partial charge in [-0.25, -0.2) is 0 Å². The van der Waals surface area contributed by atoms with E-state index in [1.807, 2.05) is 0 Å². The van der Waals surface area contributed by atoms with Crippen LogP contribution in [-0.2, 0) is 4.79 Å². The highest BCUT2D eigenvalue weighted by atomic mass is 16.1. The number of nitrogens with one attached hydrogen (secondary N) is 1. The first-order valence-electron chi connectivity index (χ1n) is 8.79. The van der Waals surface area contributed by atoms with Crippen LogP contribution in [-0.4, -0.2) is 18.5 Å². The topological polar surface area (TPSA) is 55.1 Å². The fraction of sp³-hybridized carbons (Fsp3) is 0.944. The van der Waals surface area contributed by atoms with Crippen LogP contribution in [0.15, 0.2) is 0 Å². The molecule has 3 atom stereocenters. The van der Waals surface area contributed by atoms with Gasteiger partial charge in [0.25, 0.3) is 0 Å². The molecule has 2 aliphatic carbocycles. The van der Waals surface area contributed by atoms with Crippen molar-refractivity contribution in [2.75, 3.05) is 6.54 Å². The molecule has 2 aliphatic rings. The van der Waals surface area contributed by atoms with Crippen molar-refractivity contribution in [1.82, 2.24) is 5.32 Å². The molecule has 0 aromatic carbocycles. The predicted molar refractivity (Wildman–Crippen MR) is 87.8 cm³/mol. The molecular formula is C18H34N2O. The number of carbonyl (C=O) groups excluding carboxylic acids is 1. The third-order valence-electron chi connectivity index (χ3n) is 6.57. The Labute approximate surface area is 130 Å².